The first-order valence-electron chi connectivity index (χ1n) is 6.59. The molecule has 0 aromatic heterocycles. The van der Waals surface area contributed by atoms with Crippen LogP contribution in [-0.4, -0.2) is 18.0 Å². The van der Waals surface area contributed by atoms with Crippen molar-refractivity contribution in [3.8, 4) is 0 Å². The number of hydrogen-bond acceptors (Lipinski definition) is 1. The molecule has 1 aromatic rings. The Morgan fingerprint density at radius 3 is 2.31 bits per heavy atom. The van der Waals surface area contributed by atoms with Crippen LogP contribution in [-0.2, 0) is 6.54 Å². The molecule has 0 N–H and O–H groups in total. The highest BCUT2D eigenvalue weighted by atomic mass is 15.1. The van der Waals surface area contributed by atoms with Gasteiger partial charge in [-0.05, 0) is 36.2 Å². The summed E-state index contributed by atoms with van der Waals surface area (Å²) in [5.74, 6) is 2.93. The highest BCUT2D eigenvalue weighted by Gasteiger charge is 2.38. The lowest BCUT2D eigenvalue weighted by Crippen LogP contribution is -2.40. The van der Waals surface area contributed by atoms with Gasteiger partial charge >= 0.3 is 0 Å². The monoisotopic (exact) mass is 215 g/mol. The molecule has 0 radical (unpaired) electrons. The molecule has 3 atom stereocenters. The van der Waals surface area contributed by atoms with E-state index in [0.29, 0.717) is 0 Å². The third-order valence-electron chi connectivity index (χ3n) is 4.63. The summed E-state index contributed by atoms with van der Waals surface area (Å²) in [5, 5.41) is 0. The molecule has 1 saturated carbocycles. The molecule has 0 unspecified atom stereocenters. The topological polar surface area (TPSA) is 3.24 Å². The Labute approximate surface area is 98.5 Å². The van der Waals surface area contributed by atoms with Crippen LogP contribution < -0.4 is 0 Å². The highest BCUT2D eigenvalue weighted by Crippen LogP contribution is 2.41. The van der Waals surface area contributed by atoms with Crippen LogP contribution in [0.2, 0.25) is 0 Å². The van der Waals surface area contributed by atoms with Gasteiger partial charge in [-0.3, -0.25) is 4.90 Å². The second-order valence-corrected chi connectivity index (χ2v) is 5.64. The van der Waals surface area contributed by atoms with Crippen molar-refractivity contribution in [2.24, 2.45) is 17.8 Å². The first-order chi connectivity index (χ1) is 7.83. The molecule has 0 spiro atoms. The van der Waals surface area contributed by atoms with Crippen molar-refractivity contribution in [3.05, 3.63) is 35.9 Å². The zero-order chi connectivity index (χ0) is 11.0. The van der Waals surface area contributed by atoms with Crippen LogP contribution in [0.3, 0.4) is 0 Å². The summed E-state index contributed by atoms with van der Waals surface area (Å²) < 4.78 is 0. The molecule has 1 heteroatoms. The summed E-state index contributed by atoms with van der Waals surface area (Å²) >= 11 is 0. The van der Waals surface area contributed by atoms with Gasteiger partial charge < -0.3 is 0 Å². The molecule has 1 nitrogen and oxygen atoms in total. The second kappa shape index (κ2) is 4.21. The van der Waals surface area contributed by atoms with E-state index in [1.165, 1.54) is 31.5 Å². The van der Waals surface area contributed by atoms with Gasteiger partial charge in [0, 0.05) is 19.6 Å². The van der Waals surface area contributed by atoms with Gasteiger partial charge in [-0.2, -0.15) is 0 Å². The minimum Gasteiger partial charge on any atom is -0.299 e. The van der Waals surface area contributed by atoms with E-state index in [1.54, 1.807) is 0 Å². The van der Waals surface area contributed by atoms with Gasteiger partial charge in [-0.1, -0.05) is 37.3 Å². The van der Waals surface area contributed by atoms with Crippen molar-refractivity contribution < 1.29 is 0 Å². The van der Waals surface area contributed by atoms with Gasteiger partial charge in [-0.25, -0.2) is 0 Å². The maximum Gasteiger partial charge on any atom is 0.0233 e. The van der Waals surface area contributed by atoms with Gasteiger partial charge in [0.1, 0.15) is 0 Å². The molecule has 2 aliphatic rings. The predicted octanol–water partition coefficient (Wildman–Crippen LogP) is 3.16. The molecule has 3 rings (SSSR count). The lowest BCUT2D eigenvalue weighted by Gasteiger charge is -2.36. The molecule has 1 aliphatic carbocycles. The quantitative estimate of drug-likeness (QED) is 0.732. The van der Waals surface area contributed by atoms with Crippen molar-refractivity contribution in [1.29, 1.82) is 0 Å². The third-order valence-corrected chi connectivity index (χ3v) is 4.63. The Kier molecular flexibility index (Phi) is 2.72. The average molecular weight is 215 g/mol. The lowest BCUT2D eigenvalue weighted by atomic mass is 9.87. The number of rotatable bonds is 2. The Morgan fingerprint density at radius 2 is 1.69 bits per heavy atom. The first-order valence-corrected chi connectivity index (χ1v) is 6.59. The van der Waals surface area contributed by atoms with Gasteiger partial charge in [0.2, 0.25) is 0 Å². The summed E-state index contributed by atoms with van der Waals surface area (Å²) in [6, 6.07) is 10.9. The van der Waals surface area contributed by atoms with Gasteiger partial charge in [-0.15, -0.1) is 0 Å². The fourth-order valence-corrected chi connectivity index (χ4v) is 3.56. The van der Waals surface area contributed by atoms with E-state index >= 15 is 0 Å². The Balaban J connectivity index is 1.66. The van der Waals surface area contributed by atoms with Crippen LogP contribution in [0.4, 0.5) is 0 Å². The van der Waals surface area contributed by atoms with E-state index in [2.05, 4.69) is 42.2 Å². The van der Waals surface area contributed by atoms with E-state index in [1.807, 2.05) is 0 Å². The number of benzene rings is 1. The number of likely N-dealkylation sites (tertiary alicyclic amines) is 1. The summed E-state index contributed by atoms with van der Waals surface area (Å²) in [4.78, 5) is 2.66. The zero-order valence-electron chi connectivity index (χ0n) is 10.1. The van der Waals surface area contributed by atoms with Gasteiger partial charge in [0.15, 0.2) is 0 Å². The molecule has 2 bridgehead atoms. The van der Waals surface area contributed by atoms with Crippen LogP contribution in [0, 0.1) is 17.8 Å². The van der Waals surface area contributed by atoms with Crippen LogP contribution in [0.1, 0.15) is 25.3 Å². The second-order valence-electron chi connectivity index (χ2n) is 5.64. The SMILES string of the molecule is C[C@@H]1[C@@H]2CC[C@H]1CN(Cc1ccccc1)C2. The zero-order valence-corrected chi connectivity index (χ0v) is 10.1. The summed E-state index contributed by atoms with van der Waals surface area (Å²) in [6.07, 6.45) is 2.94. The van der Waals surface area contributed by atoms with Crippen molar-refractivity contribution in [2.75, 3.05) is 13.1 Å². The average Bonchev–Trinajstić information content (AvgIpc) is 2.54. The fraction of sp³-hybridized carbons (Fsp3) is 0.600. The summed E-state index contributed by atoms with van der Waals surface area (Å²) in [5.41, 5.74) is 1.47. The van der Waals surface area contributed by atoms with Crippen molar-refractivity contribution in [1.82, 2.24) is 4.90 Å². The fourth-order valence-electron chi connectivity index (χ4n) is 3.56. The maximum atomic E-state index is 2.66. The number of nitrogens with zero attached hydrogens (tertiary/aromatic N) is 1. The Bertz CT molecular complexity index is 332. The molecule has 1 saturated heterocycles. The van der Waals surface area contributed by atoms with Crippen LogP contribution in [0.5, 0.6) is 0 Å². The summed E-state index contributed by atoms with van der Waals surface area (Å²) in [6.45, 7) is 6.27. The number of piperidine rings is 1. The van der Waals surface area contributed by atoms with Crippen LogP contribution >= 0.6 is 0 Å². The first kappa shape index (κ1) is 10.3. The van der Waals surface area contributed by atoms with E-state index in [-0.39, 0.29) is 0 Å². The minimum absolute atomic E-state index is 0.975. The highest BCUT2D eigenvalue weighted by molar-refractivity contribution is 5.14. The molecular formula is C15H21N. The van der Waals surface area contributed by atoms with Gasteiger partial charge in [0.05, 0.1) is 0 Å². The van der Waals surface area contributed by atoms with E-state index in [4.69, 9.17) is 0 Å². The van der Waals surface area contributed by atoms with Crippen LogP contribution in [0.15, 0.2) is 30.3 Å². The predicted molar refractivity (Wildman–Crippen MR) is 67.1 cm³/mol. The molecule has 16 heavy (non-hydrogen) atoms. The van der Waals surface area contributed by atoms with Crippen molar-refractivity contribution in [2.45, 2.75) is 26.3 Å². The normalized spacial score (nSPS) is 34.2. The molecule has 86 valence electrons. The molecule has 1 heterocycles. The van der Waals surface area contributed by atoms with E-state index in [0.717, 1.165) is 24.3 Å². The largest absolute Gasteiger partial charge is 0.299 e. The molecule has 1 aliphatic heterocycles. The van der Waals surface area contributed by atoms with E-state index < -0.39 is 0 Å². The van der Waals surface area contributed by atoms with E-state index in [9.17, 15) is 0 Å². The standard InChI is InChI=1S/C15H21N/c1-12-14-7-8-15(12)11-16(10-14)9-13-5-3-2-4-6-13/h2-6,12,14-15H,7-11H2,1H3/t12-,14-,15+. The lowest BCUT2D eigenvalue weighted by molar-refractivity contribution is 0.113. The summed E-state index contributed by atoms with van der Waals surface area (Å²) in [7, 11) is 0. The molecule has 1 aromatic carbocycles. The number of fused-ring (bicyclic) bond motifs is 2. The molecule has 0 amide bonds. The Hall–Kier alpha value is -0.820. The van der Waals surface area contributed by atoms with Crippen molar-refractivity contribution >= 4 is 0 Å². The molecule has 2 fully saturated rings. The maximum absolute atomic E-state index is 2.66. The Morgan fingerprint density at radius 1 is 1.06 bits per heavy atom. The smallest absolute Gasteiger partial charge is 0.0233 e. The molecular weight excluding hydrogens is 194 g/mol. The van der Waals surface area contributed by atoms with Crippen LogP contribution in [0.25, 0.3) is 0 Å². The minimum atomic E-state index is 0.975. The third kappa shape index (κ3) is 1.89. The number of hydrogen-bond donors (Lipinski definition) is 0. The van der Waals surface area contributed by atoms with Gasteiger partial charge in [0.25, 0.3) is 0 Å². The van der Waals surface area contributed by atoms with Crippen molar-refractivity contribution in [3.63, 3.8) is 0 Å².